The molecule has 0 saturated heterocycles. The molecule has 1 aromatic rings. The van der Waals surface area contributed by atoms with Crippen molar-refractivity contribution in [3.8, 4) is 5.75 Å². The molecule has 0 radical (unpaired) electrons. The highest BCUT2D eigenvalue weighted by molar-refractivity contribution is 6.30. The second-order valence-corrected chi connectivity index (χ2v) is 3.62. The Morgan fingerprint density at radius 2 is 2.07 bits per heavy atom. The van der Waals surface area contributed by atoms with Gasteiger partial charge in [-0.2, -0.15) is 0 Å². The lowest BCUT2D eigenvalue weighted by Gasteiger charge is -2.07. The zero-order chi connectivity index (χ0) is 11.3. The lowest BCUT2D eigenvalue weighted by molar-refractivity contribution is -0.117. The van der Waals surface area contributed by atoms with Crippen LogP contribution in [0.2, 0.25) is 0 Å². The number of halogens is 1. The maximum absolute atomic E-state index is 10.8. The molecule has 0 heterocycles. The Labute approximate surface area is 94.2 Å². The summed E-state index contributed by atoms with van der Waals surface area (Å²) in [6, 6.07) is 7.05. The van der Waals surface area contributed by atoms with Gasteiger partial charge in [0.05, 0.1) is 6.61 Å². The smallest absolute Gasteiger partial charge is 0.240 e. The molecule has 0 fully saturated rings. The number of alkyl halides is 1. The number of rotatable bonds is 5. The van der Waals surface area contributed by atoms with Gasteiger partial charge in [-0.1, -0.05) is 19.1 Å². The van der Waals surface area contributed by atoms with E-state index in [1.165, 1.54) is 0 Å². The predicted molar refractivity (Wildman–Crippen MR) is 60.0 cm³/mol. The van der Waals surface area contributed by atoms with E-state index in [4.69, 9.17) is 22.1 Å². The van der Waals surface area contributed by atoms with Crippen molar-refractivity contribution in [3.05, 3.63) is 29.8 Å². The number of ether oxygens (including phenoxy) is 1. The van der Waals surface area contributed by atoms with Crippen LogP contribution in [-0.2, 0) is 4.79 Å². The fourth-order valence-electron chi connectivity index (χ4n) is 1.12. The molecule has 2 N–H and O–H groups in total. The van der Waals surface area contributed by atoms with E-state index in [1.54, 1.807) is 24.3 Å². The van der Waals surface area contributed by atoms with E-state index < -0.39 is 11.3 Å². The average Bonchev–Trinajstić information content (AvgIpc) is 2.26. The summed E-state index contributed by atoms with van der Waals surface area (Å²) in [5.41, 5.74) is 5.77. The quantitative estimate of drug-likeness (QED) is 0.785. The lowest BCUT2D eigenvalue weighted by atomic mass is 10.1. The molecule has 82 valence electrons. The van der Waals surface area contributed by atoms with E-state index in [2.05, 4.69) is 0 Å². The van der Waals surface area contributed by atoms with Crippen molar-refractivity contribution in [2.75, 3.05) is 6.61 Å². The van der Waals surface area contributed by atoms with Crippen molar-refractivity contribution in [2.24, 2.45) is 5.73 Å². The number of amides is 1. The number of carbonyl (C=O) groups excluding carboxylic acids is 1. The standard InChI is InChI=1S/C11H14ClNO2/c1-2-7-15-9-5-3-8(4-6-9)10(12)11(13)14/h3-6,10H,2,7H2,1H3,(H2,13,14). The Morgan fingerprint density at radius 1 is 1.47 bits per heavy atom. The molecule has 0 aliphatic rings. The summed E-state index contributed by atoms with van der Waals surface area (Å²) >= 11 is 5.78. The maximum atomic E-state index is 10.8. The molecular formula is C11H14ClNO2. The first-order valence-electron chi connectivity index (χ1n) is 4.81. The first-order chi connectivity index (χ1) is 7.15. The summed E-state index contributed by atoms with van der Waals surface area (Å²) in [6.45, 7) is 2.72. The van der Waals surface area contributed by atoms with E-state index in [-0.39, 0.29) is 0 Å². The van der Waals surface area contributed by atoms with E-state index in [0.717, 1.165) is 12.2 Å². The van der Waals surface area contributed by atoms with Crippen LogP contribution >= 0.6 is 11.6 Å². The molecule has 1 atom stereocenters. The molecule has 3 nitrogen and oxygen atoms in total. The van der Waals surface area contributed by atoms with Crippen LogP contribution in [0.1, 0.15) is 24.3 Å². The number of nitrogens with two attached hydrogens (primary N) is 1. The fraction of sp³-hybridized carbons (Fsp3) is 0.364. The molecule has 1 amide bonds. The highest BCUT2D eigenvalue weighted by Crippen LogP contribution is 2.22. The van der Waals surface area contributed by atoms with Gasteiger partial charge in [0.1, 0.15) is 11.1 Å². The van der Waals surface area contributed by atoms with Crippen LogP contribution in [0.5, 0.6) is 5.75 Å². The van der Waals surface area contributed by atoms with Crippen molar-refractivity contribution in [3.63, 3.8) is 0 Å². The summed E-state index contributed by atoms with van der Waals surface area (Å²) in [5.74, 6) is 0.229. The first-order valence-corrected chi connectivity index (χ1v) is 5.25. The molecule has 0 aromatic heterocycles. The largest absolute Gasteiger partial charge is 0.494 e. The fourth-order valence-corrected chi connectivity index (χ4v) is 1.26. The van der Waals surface area contributed by atoms with Gasteiger partial charge in [-0.05, 0) is 24.1 Å². The second-order valence-electron chi connectivity index (χ2n) is 3.18. The molecule has 1 rings (SSSR count). The summed E-state index contributed by atoms with van der Waals surface area (Å²) < 4.78 is 5.39. The lowest BCUT2D eigenvalue weighted by Crippen LogP contribution is -2.16. The summed E-state index contributed by atoms with van der Waals surface area (Å²) in [4.78, 5) is 10.8. The van der Waals surface area contributed by atoms with Crippen molar-refractivity contribution >= 4 is 17.5 Å². The molecule has 0 aliphatic heterocycles. The topological polar surface area (TPSA) is 52.3 Å². The molecule has 0 bridgehead atoms. The number of hydrogen-bond donors (Lipinski definition) is 1. The summed E-state index contributed by atoms with van der Waals surface area (Å²) in [6.07, 6.45) is 0.959. The molecule has 15 heavy (non-hydrogen) atoms. The van der Waals surface area contributed by atoms with Gasteiger partial charge in [-0.25, -0.2) is 0 Å². The van der Waals surface area contributed by atoms with E-state index in [1.807, 2.05) is 6.92 Å². The number of benzene rings is 1. The van der Waals surface area contributed by atoms with Crippen LogP contribution < -0.4 is 10.5 Å². The minimum atomic E-state index is -0.773. The van der Waals surface area contributed by atoms with Gasteiger partial charge in [0.25, 0.3) is 0 Å². The van der Waals surface area contributed by atoms with Crippen molar-refractivity contribution < 1.29 is 9.53 Å². The zero-order valence-corrected chi connectivity index (χ0v) is 9.33. The molecule has 0 saturated carbocycles. The normalized spacial score (nSPS) is 12.1. The minimum absolute atomic E-state index is 0.543. The van der Waals surface area contributed by atoms with Crippen molar-refractivity contribution in [2.45, 2.75) is 18.7 Å². The Balaban J connectivity index is 2.67. The van der Waals surface area contributed by atoms with E-state index in [0.29, 0.717) is 12.2 Å². The van der Waals surface area contributed by atoms with Gasteiger partial charge in [0, 0.05) is 0 Å². The average molecular weight is 228 g/mol. The monoisotopic (exact) mass is 227 g/mol. The van der Waals surface area contributed by atoms with Gasteiger partial charge in [-0.3, -0.25) is 4.79 Å². The number of carbonyl (C=O) groups is 1. The van der Waals surface area contributed by atoms with Crippen LogP contribution in [0.25, 0.3) is 0 Å². The highest BCUT2D eigenvalue weighted by atomic mass is 35.5. The van der Waals surface area contributed by atoms with E-state index >= 15 is 0 Å². The van der Waals surface area contributed by atoms with Crippen molar-refractivity contribution in [1.82, 2.24) is 0 Å². The van der Waals surface area contributed by atoms with Crippen LogP contribution in [0.3, 0.4) is 0 Å². The van der Waals surface area contributed by atoms with Crippen molar-refractivity contribution in [1.29, 1.82) is 0 Å². The predicted octanol–water partition coefficient (Wildman–Crippen LogP) is 2.24. The SMILES string of the molecule is CCCOc1ccc(C(Cl)C(N)=O)cc1. The van der Waals surface area contributed by atoms with Crippen LogP contribution in [-0.4, -0.2) is 12.5 Å². The minimum Gasteiger partial charge on any atom is -0.494 e. The zero-order valence-electron chi connectivity index (χ0n) is 8.57. The molecule has 1 unspecified atom stereocenters. The third-order valence-corrected chi connectivity index (χ3v) is 2.36. The molecule has 4 heteroatoms. The number of hydrogen-bond acceptors (Lipinski definition) is 2. The summed E-state index contributed by atoms with van der Waals surface area (Å²) in [7, 11) is 0. The maximum Gasteiger partial charge on any atom is 0.240 e. The van der Waals surface area contributed by atoms with Gasteiger partial charge in [-0.15, -0.1) is 11.6 Å². The Bertz CT molecular complexity index is 324. The van der Waals surface area contributed by atoms with Gasteiger partial charge in [0.15, 0.2) is 0 Å². The molecular weight excluding hydrogens is 214 g/mol. The Kier molecular flexibility index (Phi) is 4.43. The Hall–Kier alpha value is -1.22. The van der Waals surface area contributed by atoms with Gasteiger partial charge in [0.2, 0.25) is 5.91 Å². The second kappa shape index (κ2) is 5.61. The molecule has 1 aromatic carbocycles. The number of primary amides is 1. The Morgan fingerprint density at radius 3 is 2.53 bits per heavy atom. The summed E-state index contributed by atoms with van der Waals surface area (Å²) in [5, 5.41) is -0.773. The van der Waals surface area contributed by atoms with Gasteiger partial charge >= 0.3 is 0 Å². The van der Waals surface area contributed by atoms with Crippen LogP contribution in [0.4, 0.5) is 0 Å². The molecule has 0 spiro atoms. The third kappa shape index (κ3) is 3.44. The van der Waals surface area contributed by atoms with Gasteiger partial charge < -0.3 is 10.5 Å². The van der Waals surface area contributed by atoms with E-state index in [9.17, 15) is 4.79 Å². The first kappa shape index (κ1) is 11.9. The highest BCUT2D eigenvalue weighted by Gasteiger charge is 2.13. The third-order valence-electron chi connectivity index (χ3n) is 1.90. The van der Waals surface area contributed by atoms with Crippen LogP contribution in [0, 0.1) is 0 Å². The molecule has 0 aliphatic carbocycles. The van der Waals surface area contributed by atoms with Crippen LogP contribution in [0.15, 0.2) is 24.3 Å².